The molecule has 11 heavy (non-hydrogen) atoms. The van der Waals surface area contributed by atoms with E-state index in [-0.39, 0.29) is 0 Å². The van der Waals surface area contributed by atoms with Gasteiger partial charge in [0.1, 0.15) is 6.23 Å². The molecule has 1 aliphatic rings. The highest BCUT2D eigenvalue weighted by atomic mass is 16.3. The lowest BCUT2D eigenvalue weighted by Gasteiger charge is -2.20. The minimum Gasteiger partial charge on any atom is -0.378 e. The Bertz CT molecular complexity index is 259. The molecule has 0 bridgehead atoms. The van der Waals surface area contributed by atoms with Gasteiger partial charge in [0.25, 0.3) is 0 Å². The Morgan fingerprint density at radius 2 is 2.27 bits per heavy atom. The van der Waals surface area contributed by atoms with Gasteiger partial charge in [0, 0.05) is 6.42 Å². The summed E-state index contributed by atoms with van der Waals surface area (Å²) in [4.78, 5) is 0. The molecular weight excluding hydrogens is 138 g/mol. The van der Waals surface area contributed by atoms with E-state index in [1.165, 1.54) is 0 Å². The molecule has 0 aliphatic carbocycles. The molecule has 1 unspecified atom stereocenters. The van der Waals surface area contributed by atoms with Gasteiger partial charge >= 0.3 is 0 Å². The molecular formula is C9H9NO. The molecule has 1 atom stereocenters. The topological polar surface area (TPSA) is 32.3 Å². The highest BCUT2D eigenvalue weighted by molar-refractivity contribution is 5.34. The number of hydrogen-bond acceptors (Lipinski definition) is 2. The monoisotopic (exact) mass is 147 g/mol. The zero-order valence-corrected chi connectivity index (χ0v) is 6.04. The Labute approximate surface area is 65.9 Å². The first kappa shape index (κ1) is 6.83. The molecule has 2 N–H and O–H groups in total. The predicted octanol–water partition coefficient (Wildman–Crippen LogP) is 0.538. The summed E-state index contributed by atoms with van der Waals surface area (Å²) >= 11 is 0. The molecule has 0 saturated carbocycles. The van der Waals surface area contributed by atoms with E-state index in [0.29, 0.717) is 6.42 Å². The van der Waals surface area contributed by atoms with Crippen LogP contribution in [0.4, 0.5) is 0 Å². The fraction of sp³-hybridized carbons (Fsp3) is 0.222. The maximum atomic E-state index is 9.18. The minimum atomic E-state index is -0.468. The Hall–Kier alpha value is -0.860. The fourth-order valence-corrected chi connectivity index (χ4v) is 1.24. The largest absolute Gasteiger partial charge is 0.378 e. The van der Waals surface area contributed by atoms with Crippen molar-refractivity contribution in [3.63, 3.8) is 0 Å². The minimum absolute atomic E-state index is 0.468. The molecule has 56 valence electrons. The second-order valence-electron chi connectivity index (χ2n) is 2.65. The van der Waals surface area contributed by atoms with Crippen molar-refractivity contribution >= 4 is 0 Å². The van der Waals surface area contributed by atoms with Gasteiger partial charge in [0.15, 0.2) is 0 Å². The van der Waals surface area contributed by atoms with Crippen LogP contribution in [0.2, 0.25) is 0 Å². The Kier molecular flexibility index (Phi) is 1.64. The Morgan fingerprint density at radius 3 is 3.18 bits per heavy atom. The standard InChI is InChI=1S/C9H9NO/c11-9-5-7-3-1-2-4-8(7)6-10-9/h1-4,9-11H,5H2. The van der Waals surface area contributed by atoms with Crippen LogP contribution in [-0.2, 0) is 6.42 Å². The van der Waals surface area contributed by atoms with Crippen molar-refractivity contribution in [1.82, 2.24) is 5.32 Å². The Balaban J connectivity index is 2.34. The van der Waals surface area contributed by atoms with Crippen LogP contribution < -0.4 is 5.32 Å². The quantitative estimate of drug-likeness (QED) is 0.561. The van der Waals surface area contributed by atoms with Crippen LogP contribution in [0.15, 0.2) is 24.3 Å². The first-order valence-corrected chi connectivity index (χ1v) is 3.64. The maximum Gasteiger partial charge on any atom is 0.109 e. The van der Waals surface area contributed by atoms with Crippen LogP contribution in [0.5, 0.6) is 0 Å². The summed E-state index contributed by atoms with van der Waals surface area (Å²) in [7, 11) is 0. The number of nitrogens with one attached hydrogen (secondary N) is 1. The van der Waals surface area contributed by atoms with Gasteiger partial charge in [0.2, 0.25) is 0 Å². The second kappa shape index (κ2) is 2.64. The zero-order valence-electron chi connectivity index (χ0n) is 6.04. The van der Waals surface area contributed by atoms with E-state index in [1.54, 1.807) is 0 Å². The maximum absolute atomic E-state index is 9.18. The summed E-state index contributed by atoms with van der Waals surface area (Å²) in [6, 6.07) is 7.92. The Morgan fingerprint density at radius 1 is 1.45 bits per heavy atom. The normalized spacial score (nSPS) is 22.8. The van der Waals surface area contributed by atoms with Crippen molar-refractivity contribution in [1.29, 1.82) is 0 Å². The molecule has 2 nitrogen and oxygen atoms in total. The van der Waals surface area contributed by atoms with Crippen LogP contribution in [0.1, 0.15) is 11.1 Å². The number of aliphatic hydroxyl groups is 1. The van der Waals surface area contributed by atoms with Gasteiger partial charge < -0.3 is 5.11 Å². The van der Waals surface area contributed by atoms with E-state index in [1.807, 2.05) is 24.3 Å². The molecule has 0 spiro atoms. The van der Waals surface area contributed by atoms with Gasteiger partial charge in [0.05, 0.1) is 6.54 Å². The van der Waals surface area contributed by atoms with Gasteiger partial charge in [-0.15, -0.1) is 0 Å². The SMILES string of the molecule is OC1Cc2ccccc2[C]N1. The summed E-state index contributed by atoms with van der Waals surface area (Å²) in [6.07, 6.45) is 0.202. The molecule has 0 fully saturated rings. The van der Waals surface area contributed by atoms with Crippen molar-refractivity contribution in [3.05, 3.63) is 41.9 Å². The van der Waals surface area contributed by atoms with Crippen molar-refractivity contribution in [2.45, 2.75) is 12.6 Å². The molecule has 2 radical (unpaired) electrons. The fourth-order valence-electron chi connectivity index (χ4n) is 1.24. The summed E-state index contributed by atoms with van der Waals surface area (Å²) in [5.74, 6) is 0. The lowest BCUT2D eigenvalue weighted by molar-refractivity contribution is 0.144. The molecule has 2 heteroatoms. The highest BCUT2D eigenvalue weighted by Crippen LogP contribution is 2.15. The molecule has 0 aromatic heterocycles. The predicted molar refractivity (Wildman–Crippen MR) is 41.6 cm³/mol. The number of aliphatic hydroxyl groups excluding tert-OH is 1. The molecule has 1 aromatic carbocycles. The molecule has 1 heterocycles. The first-order valence-electron chi connectivity index (χ1n) is 3.64. The van der Waals surface area contributed by atoms with Gasteiger partial charge in [-0.2, -0.15) is 0 Å². The zero-order chi connectivity index (χ0) is 7.68. The lowest BCUT2D eigenvalue weighted by Crippen LogP contribution is -2.33. The van der Waals surface area contributed by atoms with E-state index in [0.717, 1.165) is 11.1 Å². The number of rotatable bonds is 0. The van der Waals surface area contributed by atoms with Gasteiger partial charge in [-0.3, -0.25) is 5.32 Å². The number of benzene rings is 1. The van der Waals surface area contributed by atoms with E-state index < -0.39 is 6.23 Å². The lowest BCUT2D eigenvalue weighted by atomic mass is 10.0. The summed E-state index contributed by atoms with van der Waals surface area (Å²) in [5, 5.41) is 11.9. The molecule has 0 saturated heterocycles. The molecule has 0 amide bonds. The third kappa shape index (κ3) is 1.27. The average Bonchev–Trinajstić information content (AvgIpc) is 2.04. The van der Waals surface area contributed by atoms with E-state index in [4.69, 9.17) is 0 Å². The number of hydrogen-bond donors (Lipinski definition) is 2. The van der Waals surface area contributed by atoms with Gasteiger partial charge in [-0.25, -0.2) is 0 Å². The molecule has 2 rings (SSSR count). The third-order valence-electron chi connectivity index (χ3n) is 1.80. The molecule has 1 aromatic rings. The van der Waals surface area contributed by atoms with Crippen LogP contribution in [0.3, 0.4) is 0 Å². The average molecular weight is 147 g/mol. The molecule has 1 aliphatic heterocycles. The summed E-state index contributed by atoms with van der Waals surface area (Å²) in [5.41, 5.74) is 2.21. The van der Waals surface area contributed by atoms with Crippen molar-refractivity contribution < 1.29 is 5.11 Å². The van der Waals surface area contributed by atoms with Crippen molar-refractivity contribution in [2.75, 3.05) is 0 Å². The van der Waals surface area contributed by atoms with Gasteiger partial charge in [-0.05, 0) is 11.1 Å². The van der Waals surface area contributed by atoms with E-state index >= 15 is 0 Å². The van der Waals surface area contributed by atoms with Crippen LogP contribution in [-0.4, -0.2) is 11.3 Å². The van der Waals surface area contributed by atoms with Crippen LogP contribution in [0.25, 0.3) is 0 Å². The highest BCUT2D eigenvalue weighted by Gasteiger charge is 2.14. The van der Waals surface area contributed by atoms with E-state index in [2.05, 4.69) is 11.9 Å². The van der Waals surface area contributed by atoms with Gasteiger partial charge in [-0.1, -0.05) is 24.3 Å². The summed E-state index contributed by atoms with van der Waals surface area (Å²) < 4.78 is 0. The third-order valence-corrected chi connectivity index (χ3v) is 1.80. The second-order valence-corrected chi connectivity index (χ2v) is 2.65. The van der Waals surface area contributed by atoms with E-state index in [9.17, 15) is 5.11 Å². The van der Waals surface area contributed by atoms with Crippen molar-refractivity contribution in [3.8, 4) is 0 Å². The van der Waals surface area contributed by atoms with Crippen LogP contribution in [0, 0.1) is 6.54 Å². The summed E-state index contributed by atoms with van der Waals surface area (Å²) in [6.45, 7) is 2.91. The number of fused-ring (bicyclic) bond motifs is 1. The first-order chi connectivity index (χ1) is 5.36. The van der Waals surface area contributed by atoms with Crippen LogP contribution >= 0.6 is 0 Å². The smallest absolute Gasteiger partial charge is 0.109 e. The van der Waals surface area contributed by atoms with Crippen molar-refractivity contribution in [2.24, 2.45) is 0 Å².